The summed E-state index contributed by atoms with van der Waals surface area (Å²) < 4.78 is 23.6. The van der Waals surface area contributed by atoms with Crippen LogP contribution in [0.4, 0.5) is 0 Å². The maximum Gasteiger partial charge on any atom is 0 e. The van der Waals surface area contributed by atoms with Crippen molar-refractivity contribution >= 4 is 60.2 Å². The summed E-state index contributed by atoms with van der Waals surface area (Å²) in [4.78, 5) is 9.92. The number of fused-ring (bicyclic) bond motifs is 4. The molecule has 62 heavy (non-hydrogen) atoms. The quantitative estimate of drug-likeness (QED) is 0.112. The zero-order valence-corrected chi connectivity index (χ0v) is 42.8. The number of benzene rings is 6. The number of hydrogen-bond acceptors (Lipinski definition) is 3. The Morgan fingerprint density at radius 3 is 2.05 bits per heavy atom. The van der Waals surface area contributed by atoms with E-state index < -0.39 is 25.1 Å². The van der Waals surface area contributed by atoms with Gasteiger partial charge in [0.05, 0.1) is 16.9 Å². The van der Waals surface area contributed by atoms with Crippen molar-refractivity contribution in [3.63, 3.8) is 0 Å². The number of pyridine rings is 1. The first-order valence-electron chi connectivity index (χ1n) is 22.5. The van der Waals surface area contributed by atoms with Crippen LogP contribution in [0.1, 0.15) is 79.7 Å². The molecule has 0 unspecified atom stereocenters. The van der Waals surface area contributed by atoms with E-state index in [4.69, 9.17) is 7.73 Å². The molecule has 0 bridgehead atoms. The van der Waals surface area contributed by atoms with Crippen LogP contribution in [0.15, 0.2) is 140 Å². The van der Waals surface area contributed by atoms with Gasteiger partial charge in [-0.2, -0.15) is 11.3 Å². The number of aromatic nitrogens is 3. The number of thiophene rings is 1. The summed E-state index contributed by atoms with van der Waals surface area (Å²) in [7, 11) is 0. The largest absolute Gasteiger partial charge is 0 e. The van der Waals surface area contributed by atoms with Gasteiger partial charge in [0.2, 0.25) is 0 Å². The average Bonchev–Trinajstić information content (AvgIpc) is 3.85. The maximum atomic E-state index is 8.76. The summed E-state index contributed by atoms with van der Waals surface area (Å²) in [6.45, 7) is 15.1. The number of rotatable bonds is 8. The number of imidazole rings is 1. The summed E-state index contributed by atoms with van der Waals surface area (Å²) in [5.74, 6) is 8.47. The molecule has 0 amide bonds. The number of para-hydroxylation sites is 2. The molecule has 0 aliphatic carbocycles. The van der Waals surface area contributed by atoms with Gasteiger partial charge in [-0.05, 0) is 74.5 Å². The van der Waals surface area contributed by atoms with Crippen molar-refractivity contribution in [1.82, 2.24) is 14.5 Å². The standard InChI is InChI=1S/C37H31N2S.C19H26GeN.Ir/c1-23(2)30-21-26(25-13-6-5-7-14-25)22-31(24(3)4)35(30)39-33-19-10-9-18-32(33)38-37(39)29-17-12-16-28-27-15-8-11-20-34(27)40-36(28)29;1-19(2,3)13-16-12-18(15-10-8-7-9-11-15)21-14-17(16)20(4,5)6;/h5-16,18-24H,1-4H3;7-10,12,14H,13H2,1-6H3;/q2*-1;/i;13D2;. The fourth-order valence-electron chi connectivity index (χ4n) is 8.15. The zero-order valence-electron chi connectivity index (χ0n) is 39.5. The van der Waals surface area contributed by atoms with E-state index in [1.54, 1.807) is 0 Å². The van der Waals surface area contributed by atoms with E-state index in [0.29, 0.717) is 11.8 Å². The number of nitrogens with zero attached hydrogens (tertiary/aromatic N) is 3. The normalized spacial score (nSPS) is 12.6. The maximum absolute atomic E-state index is 8.76. The van der Waals surface area contributed by atoms with Gasteiger partial charge in [-0.3, -0.25) is 4.98 Å². The molecule has 0 spiro atoms. The molecule has 9 rings (SSSR count). The molecule has 317 valence electrons. The summed E-state index contributed by atoms with van der Waals surface area (Å²) in [6, 6.07) is 53.5. The Morgan fingerprint density at radius 2 is 1.39 bits per heavy atom. The summed E-state index contributed by atoms with van der Waals surface area (Å²) in [5, 5.41) is 2.55. The summed E-state index contributed by atoms with van der Waals surface area (Å²) in [5.41, 5.74) is 11.6. The van der Waals surface area contributed by atoms with Gasteiger partial charge in [-0.15, -0.1) is 18.2 Å². The van der Waals surface area contributed by atoms with E-state index in [1.807, 2.05) is 68.6 Å². The molecule has 6 aromatic carbocycles. The first-order valence-corrected chi connectivity index (χ1v) is 29.6. The van der Waals surface area contributed by atoms with E-state index in [1.165, 1.54) is 48.1 Å². The molecular weight excluding hydrogens is 1010 g/mol. The van der Waals surface area contributed by atoms with Crippen molar-refractivity contribution in [2.75, 3.05) is 0 Å². The zero-order chi connectivity index (χ0) is 44.8. The van der Waals surface area contributed by atoms with Crippen molar-refractivity contribution in [2.45, 2.75) is 83.9 Å². The van der Waals surface area contributed by atoms with Crippen LogP contribution in [0.3, 0.4) is 0 Å². The summed E-state index contributed by atoms with van der Waals surface area (Å²) >= 11 is -0.408. The molecule has 6 heteroatoms. The van der Waals surface area contributed by atoms with Crippen LogP contribution in [0.5, 0.6) is 0 Å². The Bertz CT molecular complexity index is 3040. The number of hydrogen-bond donors (Lipinski definition) is 0. The monoisotopic (exact) mass is 1070 g/mol. The van der Waals surface area contributed by atoms with Gasteiger partial charge >= 0.3 is 135 Å². The molecular formula is C56H57GeIrN3S-2. The molecule has 0 N–H and O–H groups in total. The molecule has 3 heterocycles. The molecule has 0 atom stereocenters. The predicted molar refractivity (Wildman–Crippen MR) is 266 cm³/mol. The van der Waals surface area contributed by atoms with Crippen LogP contribution < -0.4 is 4.40 Å². The van der Waals surface area contributed by atoms with E-state index in [9.17, 15) is 0 Å². The fourth-order valence-corrected chi connectivity index (χ4v) is 12.3. The first kappa shape index (κ1) is 42.6. The fraction of sp³-hybridized carbons (Fsp3) is 0.250. The third kappa shape index (κ3) is 9.48. The van der Waals surface area contributed by atoms with Gasteiger partial charge in [0.15, 0.2) is 0 Å². The Balaban J connectivity index is 0.000000219. The molecule has 0 saturated carbocycles. The van der Waals surface area contributed by atoms with Crippen molar-refractivity contribution < 1.29 is 22.8 Å². The Kier molecular flexibility index (Phi) is 12.8. The van der Waals surface area contributed by atoms with Crippen LogP contribution in [0.25, 0.3) is 70.7 Å². The van der Waals surface area contributed by atoms with Crippen molar-refractivity contribution in [3.05, 3.63) is 168 Å². The summed E-state index contributed by atoms with van der Waals surface area (Å²) in [6.07, 6.45) is 0.502. The van der Waals surface area contributed by atoms with Gasteiger partial charge in [-0.25, -0.2) is 0 Å². The van der Waals surface area contributed by atoms with E-state index in [-0.39, 0.29) is 20.1 Å². The molecule has 0 aliphatic heterocycles. The van der Waals surface area contributed by atoms with Gasteiger partial charge in [0.25, 0.3) is 0 Å². The first-order chi connectivity index (χ1) is 30.0. The van der Waals surface area contributed by atoms with E-state index in [2.05, 4.69) is 170 Å². The molecule has 3 aromatic heterocycles. The smallest absolute Gasteiger partial charge is 0 e. The molecule has 1 radical (unpaired) electrons. The van der Waals surface area contributed by atoms with Crippen LogP contribution in [0, 0.1) is 17.5 Å². The minimum atomic E-state index is -2.24. The second kappa shape index (κ2) is 18.6. The molecule has 3 nitrogen and oxygen atoms in total. The van der Waals surface area contributed by atoms with Crippen molar-refractivity contribution in [3.8, 4) is 39.5 Å². The molecule has 0 saturated heterocycles. The topological polar surface area (TPSA) is 30.7 Å². The van der Waals surface area contributed by atoms with E-state index >= 15 is 0 Å². The Hall–Kier alpha value is -4.65. The average molecular weight is 1070 g/mol. The second-order valence-corrected chi connectivity index (χ2v) is 30.3. The van der Waals surface area contributed by atoms with Gasteiger partial charge in [-0.1, -0.05) is 99.3 Å². The van der Waals surface area contributed by atoms with Crippen LogP contribution >= 0.6 is 11.3 Å². The third-order valence-corrected chi connectivity index (χ3v) is 16.5. The van der Waals surface area contributed by atoms with Crippen LogP contribution in [-0.4, -0.2) is 27.8 Å². The molecule has 9 aromatic rings. The Labute approximate surface area is 392 Å². The van der Waals surface area contributed by atoms with Crippen molar-refractivity contribution in [1.29, 1.82) is 0 Å². The molecule has 0 fully saturated rings. The van der Waals surface area contributed by atoms with Gasteiger partial charge in [0.1, 0.15) is 0 Å². The van der Waals surface area contributed by atoms with Crippen LogP contribution in [0.2, 0.25) is 17.3 Å². The minimum absolute atomic E-state index is 0. The van der Waals surface area contributed by atoms with Gasteiger partial charge in [0, 0.05) is 30.5 Å². The van der Waals surface area contributed by atoms with Crippen LogP contribution in [-0.2, 0) is 26.5 Å². The SMILES string of the molecule is CC(C)c1cc(-c2ccccc2)cc(C(C)C)c1-n1c(-c2[c-]ccc3c2sc2ccccc23)nc2ccccc21.[2H]C([2H])(c1cc(-c2[c-]cccc2)nc[c]1[Ge]([CH3])([CH3])[CH3])C(C)(C)C.[Ir]. The minimum Gasteiger partial charge on any atom is 0 e. The Morgan fingerprint density at radius 1 is 0.726 bits per heavy atom. The third-order valence-electron chi connectivity index (χ3n) is 11.1. The van der Waals surface area contributed by atoms with Gasteiger partial charge < -0.3 is 4.57 Å². The molecule has 0 aliphatic rings. The predicted octanol–water partition coefficient (Wildman–Crippen LogP) is 15.5. The van der Waals surface area contributed by atoms with E-state index in [0.717, 1.165) is 43.6 Å². The second-order valence-electron chi connectivity index (χ2n) is 18.6. The van der Waals surface area contributed by atoms with Crippen molar-refractivity contribution in [2.24, 2.45) is 5.41 Å².